The highest BCUT2D eigenvalue weighted by Crippen LogP contribution is 2.26. The summed E-state index contributed by atoms with van der Waals surface area (Å²) < 4.78 is 5.10. The molecule has 1 aliphatic rings. The first-order valence-corrected chi connectivity index (χ1v) is 6.99. The Morgan fingerprint density at radius 3 is 2.90 bits per heavy atom. The Morgan fingerprint density at radius 2 is 2.25 bits per heavy atom. The van der Waals surface area contributed by atoms with E-state index in [9.17, 15) is 4.79 Å². The zero-order valence-electron chi connectivity index (χ0n) is 12.2. The Morgan fingerprint density at radius 1 is 1.50 bits per heavy atom. The van der Waals surface area contributed by atoms with Crippen LogP contribution >= 0.6 is 0 Å². The number of hydrogen-bond acceptors (Lipinski definition) is 4. The van der Waals surface area contributed by atoms with E-state index in [0.717, 1.165) is 17.8 Å². The molecule has 0 bridgehead atoms. The third-order valence-corrected chi connectivity index (χ3v) is 3.53. The Kier molecular flexibility index (Phi) is 4.98. The number of methoxy groups -OCH3 is 1. The topological polar surface area (TPSA) is 67.6 Å². The molecule has 20 heavy (non-hydrogen) atoms. The lowest BCUT2D eigenvalue weighted by Gasteiger charge is -2.21. The summed E-state index contributed by atoms with van der Waals surface area (Å²) in [5, 5.41) is 2.94. The average molecular weight is 277 g/mol. The lowest BCUT2D eigenvalue weighted by Crippen LogP contribution is -2.37. The Labute approximate surface area is 120 Å². The summed E-state index contributed by atoms with van der Waals surface area (Å²) in [6.07, 6.45) is 2.35. The van der Waals surface area contributed by atoms with Crippen LogP contribution in [0.25, 0.3) is 0 Å². The first kappa shape index (κ1) is 14.8. The molecule has 0 unspecified atom stereocenters. The number of hydrogen-bond donors (Lipinski definition) is 2. The second-order valence-corrected chi connectivity index (χ2v) is 5.32. The zero-order chi connectivity index (χ0) is 14.5. The molecule has 3 N–H and O–H groups in total. The standard InChI is InChI=1S/C15H23N3O2/c1-11-3-4-12(16)9-14(11)17-15(19)10-18(7-8-20-2)13-5-6-13/h3-4,9,13H,5-8,10,16H2,1-2H3,(H,17,19). The average Bonchev–Trinajstić information content (AvgIpc) is 3.23. The summed E-state index contributed by atoms with van der Waals surface area (Å²) in [5.74, 6) is 0.00158. The molecule has 1 aliphatic carbocycles. The Hall–Kier alpha value is -1.59. The predicted molar refractivity (Wildman–Crippen MR) is 80.7 cm³/mol. The summed E-state index contributed by atoms with van der Waals surface area (Å²) in [6.45, 7) is 3.81. The fraction of sp³-hybridized carbons (Fsp3) is 0.533. The van der Waals surface area contributed by atoms with Crippen LogP contribution in [0.2, 0.25) is 0 Å². The van der Waals surface area contributed by atoms with Crippen molar-refractivity contribution in [2.45, 2.75) is 25.8 Å². The molecule has 5 heteroatoms. The number of benzene rings is 1. The van der Waals surface area contributed by atoms with Gasteiger partial charge in [0.25, 0.3) is 0 Å². The van der Waals surface area contributed by atoms with Gasteiger partial charge in [0.1, 0.15) is 0 Å². The van der Waals surface area contributed by atoms with Crippen LogP contribution < -0.4 is 11.1 Å². The number of anilines is 2. The number of rotatable bonds is 7. The predicted octanol–water partition coefficient (Wildman–Crippen LogP) is 1.63. The van der Waals surface area contributed by atoms with E-state index >= 15 is 0 Å². The van der Waals surface area contributed by atoms with E-state index in [1.165, 1.54) is 12.8 Å². The van der Waals surface area contributed by atoms with Crippen molar-refractivity contribution >= 4 is 17.3 Å². The maximum Gasteiger partial charge on any atom is 0.238 e. The molecule has 110 valence electrons. The van der Waals surface area contributed by atoms with Gasteiger partial charge >= 0.3 is 0 Å². The molecule has 1 aromatic carbocycles. The second kappa shape index (κ2) is 6.72. The van der Waals surface area contributed by atoms with Crippen molar-refractivity contribution in [3.05, 3.63) is 23.8 Å². The minimum atomic E-state index is 0.00158. The van der Waals surface area contributed by atoms with Crippen molar-refractivity contribution in [1.29, 1.82) is 0 Å². The number of nitrogens with zero attached hydrogens (tertiary/aromatic N) is 1. The molecule has 0 radical (unpaired) electrons. The van der Waals surface area contributed by atoms with Gasteiger partial charge in [-0.05, 0) is 37.5 Å². The molecule has 1 amide bonds. The van der Waals surface area contributed by atoms with E-state index in [-0.39, 0.29) is 5.91 Å². The quantitative estimate of drug-likeness (QED) is 0.743. The van der Waals surface area contributed by atoms with Crippen molar-refractivity contribution < 1.29 is 9.53 Å². The van der Waals surface area contributed by atoms with Crippen molar-refractivity contribution in [1.82, 2.24) is 4.90 Å². The van der Waals surface area contributed by atoms with Crippen LogP contribution in [0.1, 0.15) is 18.4 Å². The van der Waals surface area contributed by atoms with E-state index in [1.807, 2.05) is 19.1 Å². The third kappa shape index (κ3) is 4.21. The number of amides is 1. The van der Waals surface area contributed by atoms with Gasteiger partial charge in [-0.1, -0.05) is 6.07 Å². The zero-order valence-corrected chi connectivity index (χ0v) is 12.2. The highest BCUT2D eigenvalue weighted by atomic mass is 16.5. The maximum atomic E-state index is 12.1. The molecule has 1 saturated carbocycles. The number of carbonyl (C=O) groups excluding carboxylic acids is 1. The fourth-order valence-electron chi connectivity index (χ4n) is 2.19. The first-order valence-electron chi connectivity index (χ1n) is 6.99. The number of nitrogen functional groups attached to an aromatic ring is 1. The van der Waals surface area contributed by atoms with E-state index in [0.29, 0.717) is 24.9 Å². The molecule has 0 atom stereocenters. The molecule has 0 saturated heterocycles. The first-order chi connectivity index (χ1) is 9.60. The molecule has 1 aromatic rings. The number of ether oxygens (including phenoxy) is 1. The third-order valence-electron chi connectivity index (χ3n) is 3.53. The van der Waals surface area contributed by atoms with E-state index < -0.39 is 0 Å². The largest absolute Gasteiger partial charge is 0.399 e. The minimum absolute atomic E-state index is 0.00158. The van der Waals surface area contributed by atoms with E-state index in [4.69, 9.17) is 10.5 Å². The highest BCUT2D eigenvalue weighted by molar-refractivity contribution is 5.93. The number of nitrogens with two attached hydrogens (primary N) is 1. The van der Waals surface area contributed by atoms with Gasteiger partial charge in [0.05, 0.1) is 13.2 Å². The summed E-state index contributed by atoms with van der Waals surface area (Å²) in [5.41, 5.74) is 8.21. The van der Waals surface area contributed by atoms with E-state index in [1.54, 1.807) is 13.2 Å². The molecule has 0 aromatic heterocycles. The monoisotopic (exact) mass is 277 g/mol. The Bertz CT molecular complexity index is 472. The van der Waals surface area contributed by atoms with Crippen molar-refractivity contribution in [2.24, 2.45) is 0 Å². The van der Waals surface area contributed by atoms with Gasteiger partial charge in [0.15, 0.2) is 0 Å². The van der Waals surface area contributed by atoms with Crippen molar-refractivity contribution in [3.8, 4) is 0 Å². The van der Waals surface area contributed by atoms with E-state index in [2.05, 4.69) is 10.2 Å². The Balaban J connectivity index is 1.91. The highest BCUT2D eigenvalue weighted by Gasteiger charge is 2.29. The molecule has 0 heterocycles. The second-order valence-electron chi connectivity index (χ2n) is 5.32. The van der Waals surface area contributed by atoms with Crippen molar-refractivity contribution in [3.63, 3.8) is 0 Å². The summed E-state index contributed by atoms with van der Waals surface area (Å²) in [4.78, 5) is 14.3. The lowest BCUT2D eigenvalue weighted by atomic mass is 10.2. The van der Waals surface area contributed by atoms with Crippen LogP contribution in [0, 0.1) is 6.92 Å². The van der Waals surface area contributed by atoms with Gasteiger partial charge < -0.3 is 15.8 Å². The molecular formula is C15H23N3O2. The van der Waals surface area contributed by atoms with Crippen LogP contribution in [0.5, 0.6) is 0 Å². The smallest absolute Gasteiger partial charge is 0.238 e. The van der Waals surface area contributed by atoms with Crippen LogP contribution in [0.4, 0.5) is 11.4 Å². The van der Waals surface area contributed by atoms with Gasteiger partial charge in [-0.25, -0.2) is 0 Å². The SMILES string of the molecule is COCCN(CC(=O)Nc1cc(N)ccc1C)C1CC1. The van der Waals surface area contributed by atoms with Crippen molar-refractivity contribution in [2.75, 3.05) is 37.9 Å². The van der Waals surface area contributed by atoms with Crippen LogP contribution in [0.3, 0.4) is 0 Å². The molecule has 0 aliphatic heterocycles. The molecule has 0 spiro atoms. The van der Waals surface area contributed by atoms with Gasteiger partial charge in [0, 0.05) is 31.1 Å². The van der Waals surface area contributed by atoms with Crippen LogP contribution in [-0.2, 0) is 9.53 Å². The van der Waals surface area contributed by atoms with Gasteiger partial charge in [-0.3, -0.25) is 9.69 Å². The molecule has 1 fully saturated rings. The minimum Gasteiger partial charge on any atom is -0.399 e. The number of nitrogens with one attached hydrogen (secondary N) is 1. The number of aryl methyl sites for hydroxylation is 1. The molecular weight excluding hydrogens is 254 g/mol. The maximum absolute atomic E-state index is 12.1. The fourth-order valence-corrected chi connectivity index (χ4v) is 2.19. The molecule has 2 rings (SSSR count). The van der Waals surface area contributed by atoms with Crippen LogP contribution in [0.15, 0.2) is 18.2 Å². The summed E-state index contributed by atoms with van der Waals surface area (Å²) in [6, 6.07) is 6.08. The van der Waals surface area contributed by atoms with Gasteiger partial charge in [-0.2, -0.15) is 0 Å². The lowest BCUT2D eigenvalue weighted by molar-refractivity contribution is -0.117. The summed E-state index contributed by atoms with van der Waals surface area (Å²) >= 11 is 0. The van der Waals surface area contributed by atoms with Gasteiger partial charge in [-0.15, -0.1) is 0 Å². The number of carbonyl (C=O) groups is 1. The molecule has 5 nitrogen and oxygen atoms in total. The van der Waals surface area contributed by atoms with Crippen LogP contribution in [-0.4, -0.2) is 43.7 Å². The summed E-state index contributed by atoms with van der Waals surface area (Å²) in [7, 11) is 1.68. The van der Waals surface area contributed by atoms with Gasteiger partial charge in [0.2, 0.25) is 5.91 Å². The normalized spacial score (nSPS) is 14.6.